The first-order chi connectivity index (χ1) is 14.8. The first-order valence-electron chi connectivity index (χ1n) is 10.2. The van der Waals surface area contributed by atoms with E-state index >= 15 is 0 Å². The molecule has 3 rings (SSSR count). The van der Waals surface area contributed by atoms with Crippen molar-refractivity contribution in [3.8, 4) is 0 Å². The van der Waals surface area contributed by atoms with E-state index in [1.165, 1.54) is 17.0 Å². The van der Waals surface area contributed by atoms with Crippen LogP contribution in [-0.4, -0.2) is 36.3 Å². The summed E-state index contributed by atoms with van der Waals surface area (Å²) >= 11 is 5.86. The van der Waals surface area contributed by atoms with Crippen LogP contribution in [0.15, 0.2) is 48.5 Å². The number of hydrogen-bond acceptors (Lipinski definition) is 3. The zero-order chi connectivity index (χ0) is 22.5. The lowest BCUT2D eigenvalue weighted by molar-refractivity contribution is -0.127. The molecule has 0 aliphatic carbocycles. The van der Waals surface area contributed by atoms with Gasteiger partial charge < -0.3 is 15.5 Å². The highest BCUT2D eigenvalue weighted by atomic mass is 35.5. The molecule has 2 N–H and O–H groups in total. The van der Waals surface area contributed by atoms with E-state index in [1.807, 2.05) is 13.8 Å². The summed E-state index contributed by atoms with van der Waals surface area (Å²) in [5.74, 6) is -1.56. The van der Waals surface area contributed by atoms with E-state index in [0.717, 1.165) is 0 Å². The quantitative estimate of drug-likeness (QED) is 0.684. The number of hydrogen-bond donors (Lipinski definition) is 2. The highest BCUT2D eigenvalue weighted by Gasteiger charge is 2.36. The Morgan fingerprint density at radius 3 is 2.48 bits per heavy atom. The molecule has 0 radical (unpaired) electrons. The predicted octanol–water partition coefficient (Wildman–Crippen LogP) is 3.55. The van der Waals surface area contributed by atoms with Crippen molar-refractivity contribution >= 4 is 35.0 Å². The Kier molecular flexibility index (Phi) is 7.28. The van der Waals surface area contributed by atoms with Crippen LogP contribution in [0.5, 0.6) is 0 Å². The second kappa shape index (κ2) is 9.92. The van der Waals surface area contributed by atoms with Crippen LogP contribution >= 0.6 is 11.6 Å². The summed E-state index contributed by atoms with van der Waals surface area (Å²) in [5, 5.41) is 5.98. The minimum absolute atomic E-state index is 0.135. The third-order valence-corrected chi connectivity index (χ3v) is 5.35. The molecule has 0 aromatic heterocycles. The SMILES string of the molecule is CC(C)CC(NC(=O)c1ccc(Cl)cc1)C(=O)NC1CCN(c2ccccc2F)C1=O. The zero-order valence-corrected chi connectivity index (χ0v) is 18.2. The van der Waals surface area contributed by atoms with Crippen molar-refractivity contribution in [2.24, 2.45) is 5.92 Å². The average molecular weight is 446 g/mol. The number of rotatable bonds is 7. The zero-order valence-electron chi connectivity index (χ0n) is 17.4. The number of nitrogens with one attached hydrogen (secondary N) is 2. The number of halogens is 2. The third kappa shape index (κ3) is 5.61. The first kappa shape index (κ1) is 22.7. The molecule has 6 nitrogen and oxygen atoms in total. The highest BCUT2D eigenvalue weighted by molar-refractivity contribution is 6.30. The van der Waals surface area contributed by atoms with Gasteiger partial charge in [0.25, 0.3) is 5.91 Å². The predicted molar refractivity (Wildman–Crippen MR) is 117 cm³/mol. The summed E-state index contributed by atoms with van der Waals surface area (Å²) in [6, 6.07) is 10.8. The number of benzene rings is 2. The van der Waals surface area contributed by atoms with Gasteiger partial charge in [-0.1, -0.05) is 37.6 Å². The Balaban J connectivity index is 1.68. The summed E-state index contributed by atoms with van der Waals surface area (Å²) in [7, 11) is 0. The maximum absolute atomic E-state index is 14.1. The van der Waals surface area contributed by atoms with E-state index in [0.29, 0.717) is 30.0 Å². The third-order valence-electron chi connectivity index (χ3n) is 5.10. The highest BCUT2D eigenvalue weighted by Crippen LogP contribution is 2.24. The Bertz CT molecular complexity index is 965. The fraction of sp³-hybridized carbons (Fsp3) is 0.348. The van der Waals surface area contributed by atoms with E-state index in [9.17, 15) is 18.8 Å². The monoisotopic (exact) mass is 445 g/mol. The molecule has 0 bridgehead atoms. The van der Waals surface area contributed by atoms with Crippen molar-refractivity contribution in [1.82, 2.24) is 10.6 Å². The van der Waals surface area contributed by atoms with E-state index in [4.69, 9.17) is 11.6 Å². The van der Waals surface area contributed by atoms with Crippen LogP contribution in [-0.2, 0) is 9.59 Å². The van der Waals surface area contributed by atoms with Gasteiger partial charge in [0.1, 0.15) is 17.9 Å². The van der Waals surface area contributed by atoms with Gasteiger partial charge in [0, 0.05) is 17.1 Å². The molecule has 0 spiro atoms. The van der Waals surface area contributed by atoms with E-state index < -0.39 is 29.7 Å². The second-order valence-electron chi connectivity index (χ2n) is 7.95. The molecule has 2 unspecified atom stereocenters. The van der Waals surface area contributed by atoms with Crippen molar-refractivity contribution < 1.29 is 18.8 Å². The lowest BCUT2D eigenvalue weighted by Gasteiger charge is -2.22. The number of anilines is 1. The molecule has 2 aromatic rings. The molecule has 2 atom stereocenters. The molecule has 0 saturated carbocycles. The van der Waals surface area contributed by atoms with Crippen molar-refractivity contribution in [1.29, 1.82) is 0 Å². The van der Waals surface area contributed by atoms with Crippen LogP contribution in [0.1, 0.15) is 37.0 Å². The minimum Gasteiger partial charge on any atom is -0.342 e. The summed E-state index contributed by atoms with van der Waals surface area (Å²) < 4.78 is 14.1. The van der Waals surface area contributed by atoms with Gasteiger partial charge in [-0.3, -0.25) is 14.4 Å². The molecular weight excluding hydrogens is 421 g/mol. The molecule has 1 aliphatic rings. The molecule has 1 heterocycles. The standard InChI is InChI=1S/C23H25ClFN3O3/c1-14(2)13-19(27-21(29)15-7-9-16(24)10-8-15)22(30)26-18-11-12-28(23(18)31)20-6-4-3-5-17(20)25/h3-10,14,18-19H,11-13H2,1-2H3,(H,26,30)(H,27,29). The molecule has 3 amide bonds. The van der Waals surface area contributed by atoms with E-state index in [-0.39, 0.29) is 17.5 Å². The van der Waals surface area contributed by atoms with Crippen molar-refractivity contribution in [2.45, 2.75) is 38.8 Å². The Morgan fingerprint density at radius 2 is 1.84 bits per heavy atom. The van der Waals surface area contributed by atoms with Crippen LogP contribution < -0.4 is 15.5 Å². The summed E-state index contributed by atoms with van der Waals surface area (Å²) in [6.07, 6.45) is 0.765. The van der Waals surface area contributed by atoms with Crippen molar-refractivity contribution in [2.75, 3.05) is 11.4 Å². The van der Waals surface area contributed by atoms with Crippen LogP contribution in [0.2, 0.25) is 5.02 Å². The lowest BCUT2D eigenvalue weighted by Crippen LogP contribution is -2.52. The first-order valence-corrected chi connectivity index (χ1v) is 10.6. The van der Waals surface area contributed by atoms with Gasteiger partial charge in [0.05, 0.1) is 5.69 Å². The van der Waals surface area contributed by atoms with Crippen LogP contribution in [0.3, 0.4) is 0 Å². The van der Waals surface area contributed by atoms with Gasteiger partial charge in [0.2, 0.25) is 11.8 Å². The fourth-order valence-corrected chi connectivity index (χ4v) is 3.67. The number of para-hydroxylation sites is 1. The molecule has 1 saturated heterocycles. The van der Waals surface area contributed by atoms with Gasteiger partial charge >= 0.3 is 0 Å². The molecule has 2 aromatic carbocycles. The van der Waals surface area contributed by atoms with Crippen molar-refractivity contribution in [3.63, 3.8) is 0 Å². The molecule has 1 aliphatic heterocycles. The second-order valence-corrected chi connectivity index (χ2v) is 8.39. The van der Waals surface area contributed by atoms with Gasteiger partial charge in [0.15, 0.2) is 0 Å². The van der Waals surface area contributed by atoms with Crippen LogP contribution in [0.25, 0.3) is 0 Å². The summed E-state index contributed by atoms with van der Waals surface area (Å²) in [5.41, 5.74) is 0.577. The normalized spacial score (nSPS) is 17.0. The molecular formula is C23H25ClFN3O3. The van der Waals surface area contributed by atoms with Crippen LogP contribution in [0, 0.1) is 11.7 Å². The van der Waals surface area contributed by atoms with Gasteiger partial charge in [-0.15, -0.1) is 0 Å². The Hall–Kier alpha value is -2.93. The largest absolute Gasteiger partial charge is 0.342 e. The smallest absolute Gasteiger partial charge is 0.251 e. The fourth-order valence-electron chi connectivity index (χ4n) is 3.54. The maximum atomic E-state index is 14.1. The Morgan fingerprint density at radius 1 is 1.16 bits per heavy atom. The van der Waals surface area contributed by atoms with Crippen molar-refractivity contribution in [3.05, 3.63) is 64.9 Å². The average Bonchev–Trinajstić information content (AvgIpc) is 3.08. The van der Waals surface area contributed by atoms with E-state index in [1.54, 1.807) is 36.4 Å². The van der Waals surface area contributed by atoms with E-state index in [2.05, 4.69) is 10.6 Å². The number of amides is 3. The number of carbonyl (C=O) groups excluding carboxylic acids is 3. The minimum atomic E-state index is -0.807. The Labute approximate surface area is 185 Å². The molecule has 8 heteroatoms. The molecule has 1 fully saturated rings. The molecule has 164 valence electrons. The number of carbonyl (C=O) groups is 3. The topological polar surface area (TPSA) is 78.5 Å². The maximum Gasteiger partial charge on any atom is 0.251 e. The number of nitrogens with zero attached hydrogens (tertiary/aromatic N) is 1. The van der Waals surface area contributed by atoms with Crippen LogP contribution in [0.4, 0.5) is 10.1 Å². The van der Waals surface area contributed by atoms with Gasteiger partial charge in [-0.2, -0.15) is 0 Å². The lowest BCUT2D eigenvalue weighted by atomic mass is 10.0. The van der Waals surface area contributed by atoms with Gasteiger partial charge in [-0.25, -0.2) is 4.39 Å². The van der Waals surface area contributed by atoms with Gasteiger partial charge in [-0.05, 0) is 55.2 Å². The summed E-state index contributed by atoms with van der Waals surface area (Å²) in [6.45, 7) is 4.18. The summed E-state index contributed by atoms with van der Waals surface area (Å²) in [4.78, 5) is 39.6. The molecule has 31 heavy (non-hydrogen) atoms.